The summed E-state index contributed by atoms with van der Waals surface area (Å²) in [5.41, 5.74) is 2.08. The molecule has 0 spiro atoms. The van der Waals surface area contributed by atoms with Crippen LogP contribution in [0.5, 0.6) is 0 Å². The van der Waals surface area contributed by atoms with E-state index in [2.05, 4.69) is 6.92 Å². The maximum atomic E-state index is 12.8. The molecule has 1 saturated carbocycles. The van der Waals surface area contributed by atoms with Gasteiger partial charge in [0.15, 0.2) is 0 Å². The quantitative estimate of drug-likeness (QED) is 0.231. The number of aliphatic hydroxyl groups excluding tert-OH is 2. The van der Waals surface area contributed by atoms with Gasteiger partial charge in [0.25, 0.3) is 0 Å². The number of aryl methyl sites for hydroxylation is 2. The number of carbonyl (C=O) groups excluding carboxylic acids is 1. The molecule has 1 aromatic carbocycles. The smallest absolute Gasteiger partial charge is 0.348 e. The topological polar surface area (TPSA) is 66.8 Å². The first-order chi connectivity index (χ1) is 16.2. The van der Waals surface area contributed by atoms with Gasteiger partial charge in [-0.25, -0.2) is 4.79 Å². The molecule has 0 radical (unpaired) electrons. The molecule has 2 N–H and O–H groups in total. The monoisotopic (exact) mass is 546 g/mol. The Kier molecular flexibility index (Phi) is 10.1. The fourth-order valence-electron chi connectivity index (χ4n) is 4.37. The van der Waals surface area contributed by atoms with Crippen molar-refractivity contribution >= 4 is 52.1 Å². The summed E-state index contributed by atoms with van der Waals surface area (Å²) in [5, 5.41) is 20.4. The predicted octanol–water partition coefficient (Wildman–Crippen LogP) is 7.16. The molecule has 34 heavy (non-hydrogen) atoms. The molecule has 0 amide bonds. The number of halogens is 3. The van der Waals surface area contributed by atoms with Gasteiger partial charge < -0.3 is 14.9 Å². The zero-order valence-corrected chi connectivity index (χ0v) is 22.8. The average Bonchev–Trinajstić information content (AvgIpc) is 3.42. The van der Waals surface area contributed by atoms with Gasteiger partial charge in [-0.3, -0.25) is 0 Å². The van der Waals surface area contributed by atoms with E-state index in [4.69, 9.17) is 39.5 Å². The molecule has 0 bridgehead atoms. The highest BCUT2D eigenvalue weighted by molar-refractivity contribution is 7.14. The molecule has 4 nitrogen and oxygen atoms in total. The first-order valence-corrected chi connectivity index (χ1v) is 13.8. The van der Waals surface area contributed by atoms with Crippen LogP contribution in [0.15, 0.2) is 18.2 Å². The van der Waals surface area contributed by atoms with Crippen LogP contribution >= 0.6 is 46.1 Å². The summed E-state index contributed by atoms with van der Waals surface area (Å²) in [6, 6.07) is 5.59. The summed E-state index contributed by atoms with van der Waals surface area (Å²) in [6.45, 7) is 3.15. The molecule has 1 fully saturated rings. The Balaban J connectivity index is 1.90. The number of ether oxygens (including phenoxy) is 1. The van der Waals surface area contributed by atoms with Crippen molar-refractivity contribution in [2.75, 3.05) is 19.8 Å². The van der Waals surface area contributed by atoms with Crippen molar-refractivity contribution in [3.8, 4) is 11.1 Å². The third-order valence-corrected chi connectivity index (χ3v) is 8.60. The van der Waals surface area contributed by atoms with Crippen molar-refractivity contribution in [1.29, 1.82) is 0 Å². The van der Waals surface area contributed by atoms with Gasteiger partial charge in [-0.05, 0) is 73.8 Å². The first-order valence-electron chi connectivity index (χ1n) is 11.8. The Morgan fingerprint density at radius 3 is 2.53 bits per heavy atom. The number of hydrogen-bond donors (Lipinski definition) is 2. The lowest BCUT2D eigenvalue weighted by molar-refractivity contribution is -0.00595. The standard InChI is InChI=1S/C26H33Cl3O4S/c1-3-4-22-20(12-23(34-22)25(32)33-15-26(2,13-30)14-31)24-17(10-19(28)11-21(24)29)7-5-16-6-8-18(27)9-16/h10-12,16,18,30-31H,3-9,13-15H2,1-2H3/t16-,18+/m0/s1. The van der Waals surface area contributed by atoms with E-state index >= 15 is 0 Å². The zero-order chi connectivity index (χ0) is 24.9. The minimum atomic E-state index is -0.878. The second kappa shape index (κ2) is 12.4. The SMILES string of the molecule is CCCc1sc(C(=O)OCC(C)(CO)CO)cc1-c1c(Cl)cc(Cl)cc1CC[C@H]1CC[C@@H](Cl)C1. The van der Waals surface area contributed by atoms with E-state index in [0.29, 0.717) is 20.8 Å². The van der Waals surface area contributed by atoms with Crippen molar-refractivity contribution < 1.29 is 19.7 Å². The number of carbonyl (C=O) groups is 1. The Morgan fingerprint density at radius 2 is 1.91 bits per heavy atom. The Morgan fingerprint density at radius 1 is 1.18 bits per heavy atom. The van der Waals surface area contributed by atoms with Crippen molar-refractivity contribution in [1.82, 2.24) is 0 Å². The van der Waals surface area contributed by atoms with Crippen LogP contribution in [0, 0.1) is 11.3 Å². The lowest BCUT2D eigenvalue weighted by Gasteiger charge is -2.23. The molecule has 0 unspecified atom stereocenters. The van der Waals surface area contributed by atoms with E-state index in [1.807, 2.05) is 12.1 Å². The highest BCUT2D eigenvalue weighted by Crippen LogP contribution is 2.42. The second-order valence-corrected chi connectivity index (χ2v) is 12.2. The van der Waals surface area contributed by atoms with Gasteiger partial charge in [0.1, 0.15) is 11.5 Å². The van der Waals surface area contributed by atoms with Crippen molar-refractivity contribution in [2.24, 2.45) is 11.3 Å². The number of thiophene rings is 1. The zero-order valence-electron chi connectivity index (χ0n) is 19.7. The molecule has 0 saturated heterocycles. The summed E-state index contributed by atoms with van der Waals surface area (Å²) < 4.78 is 5.45. The van der Waals surface area contributed by atoms with E-state index in [0.717, 1.165) is 66.5 Å². The lowest BCUT2D eigenvalue weighted by atomic mass is 9.92. The normalized spacial score (nSPS) is 18.4. The average molecular weight is 548 g/mol. The summed E-state index contributed by atoms with van der Waals surface area (Å²) in [6.07, 6.45) is 6.86. The maximum Gasteiger partial charge on any atom is 0.348 e. The summed E-state index contributed by atoms with van der Waals surface area (Å²) in [4.78, 5) is 14.4. The van der Waals surface area contributed by atoms with Gasteiger partial charge in [0.05, 0.1) is 18.2 Å². The van der Waals surface area contributed by atoms with Crippen LogP contribution in [-0.2, 0) is 17.6 Å². The molecule has 1 aliphatic carbocycles. The Labute approximate surface area is 221 Å². The van der Waals surface area contributed by atoms with Gasteiger partial charge in [-0.1, -0.05) is 43.5 Å². The molecule has 3 rings (SSSR count). The van der Waals surface area contributed by atoms with E-state index < -0.39 is 11.4 Å². The molecular weight excluding hydrogens is 515 g/mol. The van der Waals surface area contributed by atoms with Crippen LogP contribution in [0.1, 0.15) is 66.1 Å². The largest absolute Gasteiger partial charge is 0.461 e. The highest BCUT2D eigenvalue weighted by atomic mass is 35.5. The van der Waals surface area contributed by atoms with Gasteiger partial charge in [-0.2, -0.15) is 0 Å². The first kappa shape index (κ1) is 27.8. The number of rotatable bonds is 11. The van der Waals surface area contributed by atoms with Crippen LogP contribution in [0.3, 0.4) is 0 Å². The molecule has 8 heteroatoms. The summed E-state index contributed by atoms with van der Waals surface area (Å²) in [5.74, 6) is 0.135. The minimum absolute atomic E-state index is 0.0644. The Bertz CT molecular complexity index is 987. The van der Waals surface area contributed by atoms with E-state index in [1.54, 1.807) is 13.0 Å². The molecule has 1 aliphatic rings. The number of esters is 1. The van der Waals surface area contributed by atoms with Gasteiger partial charge in [-0.15, -0.1) is 22.9 Å². The van der Waals surface area contributed by atoms with E-state index in [9.17, 15) is 15.0 Å². The van der Waals surface area contributed by atoms with Crippen molar-refractivity contribution in [3.05, 3.63) is 43.6 Å². The third-order valence-electron chi connectivity index (χ3n) is 6.51. The van der Waals surface area contributed by atoms with Gasteiger partial charge in [0.2, 0.25) is 0 Å². The Hall–Kier alpha value is -0.820. The second-order valence-electron chi connectivity index (χ2n) is 9.64. The van der Waals surface area contributed by atoms with E-state index in [1.165, 1.54) is 11.3 Å². The van der Waals surface area contributed by atoms with Crippen LogP contribution < -0.4 is 0 Å². The molecule has 188 valence electrons. The maximum absolute atomic E-state index is 12.8. The summed E-state index contributed by atoms with van der Waals surface area (Å²) in [7, 11) is 0. The highest BCUT2D eigenvalue weighted by Gasteiger charge is 2.27. The fraction of sp³-hybridized carbons (Fsp3) is 0.577. The van der Waals surface area contributed by atoms with E-state index in [-0.39, 0.29) is 25.2 Å². The van der Waals surface area contributed by atoms with Crippen LogP contribution in [-0.4, -0.2) is 41.4 Å². The minimum Gasteiger partial charge on any atom is -0.461 e. The third kappa shape index (κ3) is 6.89. The number of aliphatic hydroxyl groups is 2. The molecule has 1 heterocycles. The van der Waals surface area contributed by atoms with Crippen LogP contribution in [0.2, 0.25) is 10.0 Å². The number of alkyl halides is 1. The van der Waals surface area contributed by atoms with Crippen molar-refractivity contribution in [3.63, 3.8) is 0 Å². The molecular formula is C26H33Cl3O4S. The molecule has 1 aromatic heterocycles. The molecule has 2 aromatic rings. The van der Waals surface area contributed by atoms with Crippen LogP contribution in [0.4, 0.5) is 0 Å². The number of hydrogen-bond acceptors (Lipinski definition) is 5. The predicted molar refractivity (Wildman–Crippen MR) is 142 cm³/mol. The van der Waals surface area contributed by atoms with Crippen LogP contribution in [0.25, 0.3) is 11.1 Å². The molecule has 2 atom stereocenters. The van der Waals surface area contributed by atoms with Gasteiger partial charge in [0, 0.05) is 26.3 Å². The molecule has 0 aliphatic heterocycles. The summed E-state index contributed by atoms with van der Waals surface area (Å²) >= 11 is 20.8. The fourth-order valence-corrected chi connectivity index (χ4v) is 6.54. The number of benzene rings is 1. The van der Waals surface area contributed by atoms with Gasteiger partial charge >= 0.3 is 5.97 Å². The lowest BCUT2D eigenvalue weighted by Crippen LogP contribution is -2.32. The van der Waals surface area contributed by atoms with Crippen molar-refractivity contribution in [2.45, 2.75) is 64.2 Å².